The molecule has 0 bridgehead atoms. The van der Waals surface area contributed by atoms with Gasteiger partial charge in [-0.2, -0.15) is 0 Å². The fourth-order valence-electron chi connectivity index (χ4n) is 3.36. The lowest BCUT2D eigenvalue weighted by Gasteiger charge is -2.19. The van der Waals surface area contributed by atoms with Crippen molar-refractivity contribution in [2.75, 3.05) is 19.8 Å². The predicted octanol–water partition coefficient (Wildman–Crippen LogP) is 8.34. The summed E-state index contributed by atoms with van der Waals surface area (Å²) >= 11 is 5.53. The number of benzene rings is 1. The molecule has 5 heteroatoms. The molecule has 0 saturated heterocycles. The van der Waals surface area contributed by atoms with Crippen molar-refractivity contribution in [2.45, 2.75) is 97.8 Å². The molecule has 1 aromatic carbocycles. The first-order valence-electron chi connectivity index (χ1n) is 12.6. The van der Waals surface area contributed by atoms with Crippen LogP contribution in [0.2, 0.25) is 0 Å². The van der Waals surface area contributed by atoms with Crippen molar-refractivity contribution in [2.24, 2.45) is 0 Å². The first-order chi connectivity index (χ1) is 15.6. The standard InChI is InChI=1S/C27H43ClO4/c1-4-7-10-13-20-30-24-18-16-23(17-19-25(28)29)26(31-21-14-11-8-5-2)27(24)32-22-15-12-9-6-3/h16-19H,4-15,20-22H2,1-3H3. The molecule has 0 amide bonds. The highest BCUT2D eigenvalue weighted by molar-refractivity contribution is 6.66. The number of hydrogen-bond donors (Lipinski definition) is 0. The Morgan fingerprint density at radius 2 is 1.22 bits per heavy atom. The first-order valence-corrected chi connectivity index (χ1v) is 12.9. The normalized spacial score (nSPS) is 11.1. The van der Waals surface area contributed by atoms with Crippen LogP contribution in [-0.2, 0) is 4.79 Å². The second kappa shape index (κ2) is 18.8. The monoisotopic (exact) mass is 466 g/mol. The first kappa shape index (κ1) is 28.4. The van der Waals surface area contributed by atoms with E-state index in [1.165, 1.54) is 44.6 Å². The molecule has 0 N–H and O–H groups in total. The second-order valence-electron chi connectivity index (χ2n) is 8.18. The van der Waals surface area contributed by atoms with E-state index < -0.39 is 5.24 Å². The Balaban J connectivity index is 3.04. The van der Waals surface area contributed by atoms with Crippen molar-refractivity contribution in [3.63, 3.8) is 0 Å². The number of halogens is 1. The Hall–Kier alpha value is -1.68. The van der Waals surface area contributed by atoms with Crippen LogP contribution >= 0.6 is 11.6 Å². The van der Waals surface area contributed by atoms with Crippen molar-refractivity contribution < 1.29 is 19.0 Å². The summed E-state index contributed by atoms with van der Waals surface area (Å²) in [7, 11) is 0. The van der Waals surface area contributed by atoms with Gasteiger partial charge in [0.2, 0.25) is 11.0 Å². The average Bonchev–Trinajstić information content (AvgIpc) is 2.78. The van der Waals surface area contributed by atoms with Gasteiger partial charge >= 0.3 is 0 Å². The molecule has 0 unspecified atom stereocenters. The third kappa shape index (κ3) is 12.4. The molecule has 0 saturated carbocycles. The van der Waals surface area contributed by atoms with E-state index in [-0.39, 0.29) is 0 Å². The molecule has 0 aliphatic carbocycles. The SMILES string of the molecule is CCCCCCOc1ccc(C=CC(=O)Cl)c(OCCCCCC)c1OCCCCCC. The zero-order valence-electron chi connectivity index (χ0n) is 20.4. The van der Waals surface area contributed by atoms with Crippen molar-refractivity contribution >= 4 is 22.9 Å². The van der Waals surface area contributed by atoms with Crippen LogP contribution in [0.3, 0.4) is 0 Å². The fourth-order valence-corrected chi connectivity index (χ4v) is 3.43. The predicted molar refractivity (Wildman–Crippen MR) is 135 cm³/mol. The molecule has 0 heterocycles. The third-order valence-corrected chi connectivity index (χ3v) is 5.37. The molecule has 0 radical (unpaired) electrons. The van der Waals surface area contributed by atoms with E-state index >= 15 is 0 Å². The molecule has 0 atom stereocenters. The van der Waals surface area contributed by atoms with Crippen molar-refractivity contribution in [1.29, 1.82) is 0 Å². The highest BCUT2D eigenvalue weighted by atomic mass is 35.5. The van der Waals surface area contributed by atoms with E-state index in [0.717, 1.165) is 44.1 Å². The topological polar surface area (TPSA) is 44.8 Å². The molecule has 182 valence electrons. The lowest BCUT2D eigenvalue weighted by molar-refractivity contribution is -0.107. The number of carbonyl (C=O) groups excluding carboxylic acids is 1. The van der Waals surface area contributed by atoms with Gasteiger partial charge in [0.15, 0.2) is 11.5 Å². The van der Waals surface area contributed by atoms with Gasteiger partial charge in [0.25, 0.3) is 0 Å². The highest BCUT2D eigenvalue weighted by Gasteiger charge is 2.17. The molecule has 0 fully saturated rings. The number of unbranched alkanes of at least 4 members (excludes halogenated alkanes) is 9. The van der Waals surface area contributed by atoms with Crippen LogP contribution in [0.15, 0.2) is 18.2 Å². The van der Waals surface area contributed by atoms with Gasteiger partial charge in [-0.3, -0.25) is 4.79 Å². The Morgan fingerprint density at radius 3 is 1.72 bits per heavy atom. The summed E-state index contributed by atoms with van der Waals surface area (Å²) in [5, 5.41) is -0.516. The zero-order valence-corrected chi connectivity index (χ0v) is 21.2. The maximum absolute atomic E-state index is 11.3. The number of carbonyl (C=O) groups is 1. The van der Waals surface area contributed by atoms with Crippen molar-refractivity contribution in [1.82, 2.24) is 0 Å². The van der Waals surface area contributed by atoms with Crippen LogP contribution in [0, 0.1) is 0 Å². The number of allylic oxidation sites excluding steroid dienone is 1. The smallest absolute Gasteiger partial charge is 0.245 e. The minimum absolute atomic E-state index is 0.516. The van der Waals surface area contributed by atoms with Gasteiger partial charge < -0.3 is 14.2 Å². The summed E-state index contributed by atoms with van der Waals surface area (Å²) in [5.74, 6) is 1.98. The summed E-state index contributed by atoms with van der Waals surface area (Å²) in [4.78, 5) is 11.3. The lowest BCUT2D eigenvalue weighted by Crippen LogP contribution is -2.07. The van der Waals surface area contributed by atoms with Gasteiger partial charge in [0, 0.05) is 5.56 Å². The van der Waals surface area contributed by atoms with E-state index in [4.69, 9.17) is 25.8 Å². The lowest BCUT2D eigenvalue weighted by atomic mass is 10.1. The summed E-state index contributed by atoms with van der Waals surface area (Å²) in [6, 6.07) is 3.81. The fraction of sp³-hybridized carbons (Fsp3) is 0.667. The molecule has 32 heavy (non-hydrogen) atoms. The van der Waals surface area contributed by atoms with Crippen LogP contribution in [0.25, 0.3) is 6.08 Å². The Bertz CT molecular complexity index is 657. The Kier molecular flexibility index (Phi) is 16.7. The van der Waals surface area contributed by atoms with E-state index in [2.05, 4.69) is 20.8 Å². The quantitative estimate of drug-likeness (QED) is 0.110. The maximum Gasteiger partial charge on any atom is 0.245 e. The maximum atomic E-state index is 11.3. The van der Waals surface area contributed by atoms with Crippen molar-refractivity contribution in [3.8, 4) is 17.2 Å². The van der Waals surface area contributed by atoms with Crippen LogP contribution in [-0.4, -0.2) is 25.1 Å². The number of hydrogen-bond acceptors (Lipinski definition) is 4. The van der Waals surface area contributed by atoms with Crippen LogP contribution < -0.4 is 14.2 Å². The van der Waals surface area contributed by atoms with E-state index in [1.807, 2.05) is 12.1 Å². The molecule has 0 aliphatic heterocycles. The highest BCUT2D eigenvalue weighted by Crippen LogP contribution is 2.41. The Morgan fingerprint density at radius 1 is 0.719 bits per heavy atom. The molecular weight excluding hydrogens is 424 g/mol. The summed E-state index contributed by atoms with van der Waals surface area (Å²) in [5.41, 5.74) is 0.774. The molecule has 0 aromatic heterocycles. The average molecular weight is 467 g/mol. The summed E-state index contributed by atoms with van der Waals surface area (Å²) in [6.45, 7) is 8.45. The van der Waals surface area contributed by atoms with Gasteiger partial charge in [-0.05, 0) is 55.1 Å². The Labute approximate surface area is 200 Å². The largest absolute Gasteiger partial charge is 0.490 e. The van der Waals surface area contributed by atoms with E-state index in [1.54, 1.807) is 6.08 Å². The van der Waals surface area contributed by atoms with Gasteiger partial charge in [0.05, 0.1) is 19.8 Å². The van der Waals surface area contributed by atoms with Crippen LogP contribution in [0.5, 0.6) is 17.2 Å². The van der Waals surface area contributed by atoms with Gasteiger partial charge in [-0.25, -0.2) is 0 Å². The van der Waals surface area contributed by atoms with Gasteiger partial charge in [-0.15, -0.1) is 0 Å². The summed E-state index contributed by atoms with van der Waals surface area (Å²) in [6.07, 6.45) is 16.6. The van der Waals surface area contributed by atoms with Crippen LogP contribution in [0.1, 0.15) is 103 Å². The molecular formula is C27H43ClO4. The molecule has 0 spiro atoms. The van der Waals surface area contributed by atoms with Crippen molar-refractivity contribution in [3.05, 3.63) is 23.8 Å². The third-order valence-electron chi connectivity index (χ3n) is 5.24. The minimum atomic E-state index is -0.516. The number of rotatable bonds is 20. The van der Waals surface area contributed by atoms with E-state index in [9.17, 15) is 4.79 Å². The molecule has 0 aliphatic rings. The number of ether oxygens (including phenoxy) is 3. The van der Waals surface area contributed by atoms with Crippen LogP contribution in [0.4, 0.5) is 0 Å². The minimum Gasteiger partial charge on any atom is -0.490 e. The van der Waals surface area contributed by atoms with Gasteiger partial charge in [0.1, 0.15) is 0 Å². The summed E-state index contributed by atoms with van der Waals surface area (Å²) < 4.78 is 18.5. The van der Waals surface area contributed by atoms with E-state index in [0.29, 0.717) is 37.1 Å². The molecule has 4 nitrogen and oxygen atoms in total. The second-order valence-corrected chi connectivity index (χ2v) is 8.55. The zero-order chi connectivity index (χ0) is 23.4. The van der Waals surface area contributed by atoms with Gasteiger partial charge in [-0.1, -0.05) is 78.6 Å². The molecule has 1 aromatic rings. The molecule has 1 rings (SSSR count).